The van der Waals surface area contributed by atoms with Crippen LogP contribution < -0.4 is 5.32 Å². The fourth-order valence-corrected chi connectivity index (χ4v) is 4.74. The van der Waals surface area contributed by atoms with Crippen LogP contribution in [0.15, 0.2) is 30.5 Å². The van der Waals surface area contributed by atoms with E-state index in [1.807, 2.05) is 30.5 Å². The number of aromatic amines is 1. The van der Waals surface area contributed by atoms with Gasteiger partial charge in [0.1, 0.15) is 0 Å². The second-order valence-electron chi connectivity index (χ2n) is 7.16. The molecule has 4 heteroatoms. The van der Waals surface area contributed by atoms with Crippen LogP contribution in [0.3, 0.4) is 0 Å². The molecule has 114 valence electrons. The zero-order valence-electron chi connectivity index (χ0n) is 12.6. The fraction of sp³-hybridized carbons (Fsp3) is 0.500. The summed E-state index contributed by atoms with van der Waals surface area (Å²) in [5, 5.41) is 4.49. The van der Waals surface area contributed by atoms with Gasteiger partial charge in [0.15, 0.2) is 0 Å². The van der Waals surface area contributed by atoms with Crippen molar-refractivity contribution in [1.82, 2.24) is 15.2 Å². The topological polar surface area (TPSA) is 48.1 Å². The lowest BCUT2D eigenvalue weighted by Crippen LogP contribution is -2.65. The first kappa shape index (κ1) is 12.7. The molecule has 1 unspecified atom stereocenters. The summed E-state index contributed by atoms with van der Waals surface area (Å²) in [5.74, 6) is 0.764. The average Bonchev–Trinajstić information content (AvgIpc) is 3.18. The van der Waals surface area contributed by atoms with Gasteiger partial charge in [0, 0.05) is 28.2 Å². The van der Waals surface area contributed by atoms with Gasteiger partial charge < -0.3 is 10.3 Å². The van der Waals surface area contributed by atoms with Crippen LogP contribution in [-0.2, 0) is 0 Å². The average molecular weight is 295 g/mol. The van der Waals surface area contributed by atoms with Crippen molar-refractivity contribution in [2.45, 2.75) is 37.3 Å². The van der Waals surface area contributed by atoms with E-state index in [4.69, 9.17) is 0 Å². The minimum Gasteiger partial charge on any atom is -0.361 e. The van der Waals surface area contributed by atoms with Crippen molar-refractivity contribution < 1.29 is 4.79 Å². The number of benzene rings is 1. The molecule has 1 spiro atoms. The van der Waals surface area contributed by atoms with Crippen LogP contribution >= 0.6 is 0 Å². The van der Waals surface area contributed by atoms with E-state index >= 15 is 0 Å². The maximum absolute atomic E-state index is 12.7. The lowest BCUT2D eigenvalue weighted by atomic mass is 9.77. The largest absolute Gasteiger partial charge is 0.361 e. The van der Waals surface area contributed by atoms with Gasteiger partial charge in [0.05, 0.1) is 6.04 Å². The summed E-state index contributed by atoms with van der Waals surface area (Å²) in [6.07, 6.45) is 6.91. The number of nitrogens with zero attached hydrogens (tertiary/aromatic N) is 1. The quantitative estimate of drug-likeness (QED) is 0.894. The minimum atomic E-state index is 0.0909. The summed E-state index contributed by atoms with van der Waals surface area (Å²) < 4.78 is 0. The molecule has 22 heavy (non-hydrogen) atoms. The summed E-state index contributed by atoms with van der Waals surface area (Å²) in [5.41, 5.74) is 2.16. The van der Waals surface area contributed by atoms with E-state index in [1.54, 1.807) is 0 Å². The molecule has 3 aliphatic heterocycles. The number of rotatable bonds is 2. The molecular formula is C18H21N3O. The van der Waals surface area contributed by atoms with E-state index in [1.165, 1.54) is 38.8 Å². The van der Waals surface area contributed by atoms with Crippen LogP contribution in [0.2, 0.25) is 0 Å². The van der Waals surface area contributed by atoms with Crippen molar-refractivity contribution in [2.75, 3.05) is 13.1 Å². The maximum Gasteiger partial charge on any atom is 0.251 e. The zero-order valence-corrected chi connectivity index (χ0v) is 12.6. The number of amides is 1. The monoisotopic (exact) mass is 295 g/mol. The van der Waals surface area contributed by atoms with Crippen molar-refractivity contribution in [2.24, 2.45) is 5.92 Å². The van der Waals surface area contributed by atoms with Gasteiger partial charge in [0.25, 0.3) is 5.91 Å². The first-order chi connectivity index (χ1) is 10.8. The Balaban J connectivity index is 1.42. The number of hydrogen-bond donors (Lipinski definition) is 2. The number of fused-ring (bicyclic) bond motifs is 3. The molecule has 1 amide bonds. The summed E-state index contributed by atoms with van der Waals surface area (Å²) in [7, 11) is 0. The van der Waals surface area contributed by atoms with E-state index in [0.29, 0.717) is 17.5 Å². The SMILES string of the molecule is O=C(NC1C2CCN(CC2)C12CC2)c1ccc2[nH]ccc2c1. The van der Waals surface area contributed by atoms with Crippen LogP contribution in [0, 0.1) is 5.92 Å². The van der Waals surface area contributed by atoms with E-state index in [2.05, 4.69) is 15.2 Å². The number of piperidine rings is 3. The first-order valence-corrected chi connectivity index (χ1v) is 8.39. The molecule has 4 nitrogen and oxygen atoms in total. The van der Waals surface area contributed by atoms with Gasteiger partial charge in [-0.3, -0.25) is 9.69 Å². The molecule has 2 bridgehead atoms. The molecule has 2 N–H and O–H groups in total. The molecular weight excluding hydrogens is 274 g/mol. The molecule has 1 saturated carbocycles. The van der Waals surface area contributed by atoms with Gasteiger partial charge in [-0.05, 0) is 69.0 Å². The van der Waals surface area contributed by atoms with Gasteiger partial charge >= 0.3 is 0 Å². The third-order valence-electron chi connectivity index (χ3n) is 6.08. The summed E-state index contributed by atoms with van der Waals surface area (Å²) in [6, 6.07) is 8.28. The van der Waals surface area contributed by atoms with Gasteiger partial charge in [-0.15, -0.1) is 0 Å². The van der Waals surface area contributed by atoms with Gasteiger partial charge in [-0.2, -0.15) is 0 Å². The molecule has 6 rings (SSSR count). The Hall–Kier alpha value is -1.81. The molecule has 4 fully saturated rings. The Kier molecular flexibility index (Phi) is 2.51. The van der Waals surface area contributed by atoms with Crippen LogP contribution in [0.4, 0.5) is 0 Å². The number of carbonyl (C=O) groups is 1. The predicted molar refractivity (Wildman–Crippen MR) is 85.8 cm³/mol. The van der Waals surface area contributed by atoms with Gasteiger partial charge in [0.2, 0.25) is 0 Å². The van der Waals surface area contributed by atoms with Crippen molar-refractivity contribution in [3.63, 3.8) is 0 Å². The smallest absolute Gasteiger partial charge is 0.251 e. The van der Waals surface area contributed by atoms with Crippen LogP contribution in [0.5, 0.6) is 0 Å². The van der Waals surface area contributed by atoms with Crippen LogP contribution in [0.1, 0.15) is 36.0 Å². The first-order valence-electron chi connectivity index (χ1n) is 8.39. The van der Waals surface area contributed by atoms with Crippen molar-refractivity contribution in [3.05, 3.63) is 36.0 Å². The second kappa shape index (κ2) is 4.35. The zero-order chi connectivity index (χ0) is 14.7. The normalized spacial score (nSPS) is 31.5. The third-order valence-corrected chi connectivity index (χ3v) is 6.08. The number of carbonyl (C=O) groups excluding carboxylic acids is 1. The summed E-state index contributed by atoms with van der Waals surface area (Å²) in [6.45, 7) is 2.46. The van der Waals surface area contributed by atoms with E-state index in [-0.39, 0.29) is 5.91 Å². The maximum atomic E-state index is 12.7. The number of hydrogen-bond acceptors (Lipinski definition) is 2. The number of H-pyrrole nitrogens is 1. The third kappa shape index (κ3) is 1.70. The molecule has 0 radical (unpaired) electrons. The Morgan fingerprint density at radius 2 is 2.05 bits per heavy atom. The van der Waals surface area contributed by atoms with Gasteiger partial charge in [-0.25, -0.2) is 0 Å². The van der Waals surface area contributed by atoms with Gasteiger partial charge in [-0.1, -0.05) is 0 Å². The van der Waals surface area contributed by atoms with Crippen LogP contribution in [0.25, 0.3) is 10.9 Å². The van der Waals surface area contributed by atoms with Crippen LogP contribution in [-0.4, -0.2) is 40.5 Å². The van der Waals surface area contributed by atoms with E-state index < -0.39 is 0 Å². The lowest BCUT2D eigenvalue weighted by molar-refractivity contribution is -0.00144. The molecule has 1 aliphatic carbocycles. The molecule has 3 saturated heterocycles. The lowest BCUT2D eigenvalue weighted by Gasteiger charge is -2.52. The summed E-state index contributed by atoms with van der Waals surface area (Å²) in [4.78, 5) is 18.5. The van der Waals surface area contributed by atoms with E-state index in [9.17, 15) is 4.79 Å². The Labute approximate surface area is 129 Å². The number of nitrogens with one attached hydrogen (secondary N) is 2. The molecule has 1 aromatic carbocycles. The Bertz CT molecular complexity index is 738. The standard InChI is InChI=1S/C18H21N3O/c22-17(14-1-2-15-13(11-14)3-8-19-15)20-16-12-4-9-21(10-5-12)18(16)6-7-18/h1-3,8,11-12,16,19H,4-7,9-10H2,(H,20,22). The summed E-state index contributed by atoms with van der Waals surface area (Å²) >= 11 is 0. The van der Waals surface area contributed by atoms with Crippen molar-refractivity contribution in [3.8, 4) is 0 Å². The highest BCUT2D eigenvalue weighted by atomic mass is 16.1. The van der Waals surface area contributed by atoms with E-state index in [0.717, 1.165) is 16.5 Å². The highest BCUT2D eigenvalue weighted by molar-refractivity contribution is 5.98. The highest BCUT2D eigenvalue weighted by Gasteiger charge is 2.60. The fourth-order valence-electron chi connectivity index (χ4n) is 4.74. The minimum absolute atomic E-state index is 0.0909. The molecule has 2 aromatic rings. The molecule has 1 aromatic heterocycles. The molecule has 1 atom stereocenters. The Morgan fingerprint density at radius 1 is 1.23 bits per heavy atom. The van der Waals surface area contributed by atoms with Crippen molar-refractivity contribution >= 4 is 16.8 Å². The molecule has 4 aliphatic rings. The molecule has 4 heterocycles. The second-order valence-corrected chi connectivity index (χ2v) is 7.16. The Morgan fingerprint density at radius 3 is 2.82 bits per heavy atom. The highest BCUT2D eigenvalue weighted by Crippen LogP contribution is 2.53. The van der Waals surface area contributed by atoms with Crippen molar-refractivity contribution in [1.29, 1.82) is 0 Å². The predicted octanol–water partition coefficient (Wildman–Crippen LogP) is 2.52. The number of aromatic nitrogens is 1.